The number of amides is 1. The molecule has 0 bridgehead atoms. The quantitative estimate of drug-likeness (QED) is 0.629. The van der Waals surface area contributed by atoms with Crippen molar-refractivity contribution in [2.75, 3.05) is 13.1 Å². The van der Waals surface area contributed by atoms with E-state index in [1.54, 1.807) is 6.33 Å². The smallest absolute Gasteiger partial charge is 0.240 e. The zero-order valence-corrected chi connectivity index (χ0v) is 16.1. The first-order chi connectivity index (χ1) is 13.2. The second-order valence-electron chi connectivity index (χ2n) is 6.71. The maximum Gasteiger partial charge on any atom is 0.240 e. The predicted octanol–water partition coefficient (Wildman–Crippen LogP) is 4.03. The van der Waals surface area contributed by atoms with Gasteiger partial charge in [-0.3, -0.25) is 9.36 Å². The minimum atomic E-state index is -0.323. The summed E-state index contributed by atoms with van der Waals surface area (Å²) in [6.07, 6.45) is 3.88. The van der Waals surface area contributed by atoms with E-state index in [1.807, 2.05) is 58.0 Å². The number of hydrogen-bond acceptors (Lipinski definition) is 4. The molecular weight excluding hydrogens is 356 g/mol. The maximum absolute atomic E-state index is 13.2. The number of benzene rings is 2. The van der Waals surface area contributed by atoms with Crippen LogP contribution in [0, 0.1) is 6.92 Å². The van der Waals surface area contributed by atoms with E-state index in [1.165, 1.54) is 11.8 Å². The molecule has 4 rings (SSSR count). The predicted molar refractivity (Wildman–Crippen MR) is 107 cm³/mol. The summed E-state index contributed by atoms with van der Waals surface area (Å²) in [6, 6.07) is 18.1. The number of aryl methyl sites for hydroxylation is 1. The Kier molecular flexibility index (Phi) is 5.25. The Morgan fingerprint density at radius 1 is 1.04 bits per heavy atom. The van der Waals surface area contributed by atoms with Gasteiger partial charge in [-0.15, -0.1) is 10.2 Å². The van der Waals surface area contributed by atoms with E-state index in [9.17, 15) is 4.79 Å². The molecule has 1 amide bonds. The summed E-state index contributed by atoms with van der Waals surface area (Å²) >= 11 is 1.47. The number of carbonyl (C=O) groups excluding carboxylic acids is 1. The molecule has 2 heterocycles. The molecule has 138 valence electrons. The third-order valence-electron chi connectivity index (χ3n) is 4.86. The normalized spacial score (nSPS) is 15.1. The zero-order valence-electron chi connectivity index (χ0n) is 15.3. The Labute approximate surface area is 163 Å². The van der Waals surface area contributed by atoms with E-state index < -0.39 is 0 Å². The molecule has 0 spiro atoms. The van der Waals surface area contributed by atoms with E-state index in [2.05, 4.69) is 23.2 Å². The second kappa shape index (κ2) is 7.96. The number of thioether (sulfide) groups is 1. The summed E-state index contributed by atoms with van der Waals surface area (Å²) in [5.74, 6) is 0.156. The molecule has 0 N–H and O–H groups in total. The van der Waals surface area contributed by atoms with Crippen LogP contribution in [0.15, 0.2) is 66.1 Å². The van der Waals surface area contributed by atoms with E-state index in [0.717, 1.165) is 47.9 Å². The van der Waals surface area contributed by atoms with Crippen molar-refractivity contribution in [3.05, 3.63) is 72.1 Å². The molecule has 0 radical (unpaired) electrons. The van der Waals surface area contributed by atoms with Crippen LogP contribution >= 0.6 is 11.8 Å². The number of rotatable bonds is 5. The van der Waals surface area contributed by atoms with Gasteiger partial charge in [0.25, 0.3) is 0 Å². The van der Waals surface area contributed by atoms with Crippen LogP contribution in [0.3, 0.4) is 0 Å². The fourth-order valence-corrected chi connectivity index (χ4v) is 4.51. The highest BCUT2D eigenvalue weighted by Gasteiger charge is 2.30. The van der Waals surface area contributed by atoms with Crippen molar-refractivity contribution in [2.45, 2.75) is 30.2 Å². The van der Waals surface area contributed by atoms with Crippen LogP contribution in [0.1, 0.15) is 29.2 Å². The molecule has 0 aliphatic carbocycles. The molecule has 1 saturated heterocycles. The van der Waals surface area contributed by atoms with E-state index in [4.69, 9.17) is 0 Å². The lowest BCUT2D eigenvalue weighted by Gasteiger charge is -2.23. The Balaban J connectivity index is 1.68. The van der Waals surface area contributed by atoms with Gasteiger partial charge < -0.3 is 4.90 Å². The van der Waals surface area contributed by atoms with Gasteiger partial charge in [-0.05, 0) is 37.0 Å². The monoisotopic (exact) mass is 378 g/mol. The summed E-state index contributed by atoms with van der Waals surface area (Å²) in [6.45, 7) is 3.74. The fraction of sp³-hybridized carbons (Fsp3) is 0.286. The number of likely N-dealkylation sites (tertiary alicyclic amines) is 1. The average molecular weight is 379 g/mol. The van der Waals surface area contributed by atoms with Crippen molar-refractivity contribution in [1.82, 2.24) is 19.7 Å². The first-order valence-corrected chi connectivity index (χ1v) is 10.1. The minimum absolute atomic E-state index is 0.156. The standard InChI is InChI=1S/C21H22N4OS/c1-16-9-5-6-12-18(16)25-15-22-23-21(25)27-19(17-10-3-2-4-11-17)20(26)24-13-7-8-14-24/h2-6,9-12,15,19H,7-8,13-14H2,1H3/t19-/m1/s1. The van der Waals surface area contributed by atoms with Gasteiger partial charge in [0, 0.05) is 13.1 Å². The third kappa shape index (κ3) is 3.76. The molecule has 2 aromatic carbocycles. The molecule has 6 heteroatoms. The van der Waals surface area contributed by atoms with Crippen LogP contribution in [-0.2, 0) is 4.79 Å². The lowest BCUT2D eigenvalue weighted by Crippen LogP contribution is -2.31. The molecule has 27 heavy (non-hydrogen) atoms. The topological polar surface area (TPSA) is 51.0 Å². The Morgan fingerprint density at radius 2 is 1.74 bits per heavy atom. The van der Waals surface area contributed by atoms with Crippen molar-refractivity contribution in [3.63, 3.8) is 0 Å². The Hall–Kier alpha value is -2.60. The second-order valence-corrected chi connectivity index (χ2v) is 7.78. The van der Waals surface area contributed by atoms with Crippen LogP contribution in [0.5, 0.6) is 0 Å². The van der Waals surface area contributed by atoms with Gasteiger partial charge in [-0.1, -0.05) is 60.3 Å². The number of nitrogens with zero attached hydrogens (tertiary/aromatic N) is 4. The molecule has 1 aliphatic rings. The van der Waals surface area contributed by atoms with Gasteiger partial charge in [-0.2, -0.15) is 0 Å². The summed E-state index contributed by atoms with van der Waals surface area (Å²) in [5, 5.41) is 8.83. The van der Waals surface area contributed by atoms with E-state index in [-0.39, 0.29) is 11.2 Å². The van der Waals surface area contributed by atoms with Gasteiger partial charge in [0.15, 0.2) is 5.16 Å². The van der Waals surface area contributed by atoms with Gasteiger partial charge in [0.1, 0.15) is 11.6 Å². The SMILES string of the molecule is Cc1ccccc1-n1cnnc1S[C@@H](C(=O)N1CCCC1)c1ccccc1. The summed E-state index contributed by atoms with van der Waals surface area (Å²) < 4.78 is 1.97. The Morgan fingerprint density at radius 3 is 2.48 bits per heavy atom. The maximum atomic E-state index is 13.2. The first kappa shape index (κ1) is 17.8. The van der Waals surface area contributed by atoms with Crippen molar-refractivity contribution in [1.29, 1.82) is 0 Å². The lowest BCUT2D eigenvalue weighted by atomic mass is 10.1. The highest BCUT2D eigenvalue weighted by molar-refractivity contribution is 8.00. The van der Waals surface area contributed by atoms with Crippen molar-refractivity contribution < 1.29 is 4.79 Å². The summed E-state index contributed by atoms with van der Waals surface area (Å²) in [7, 11) is 0. The van der Waals surface area contributed by atoms with Gasteiger partial charge in [0.2, 0.25) is 5.91 Å². The number of carbonyl (C=O) groups is 1. The largest absolute Gasteiger partial charge is 0.341 e. The lowest BCUT2D eigenvalue weighted by molar-refractivity contribution is -0.129. The number of hydrogen-bond donors (Lipinski definition) is 0. The highest BCUT2D eigenvalue weighted by atomic mass is 32.2. The van der Waals surface area contributed by atoms with E-state index in [0.29, 0.717) is 0 Å². The first-order valence-electron chi connectivity index (χ1n) is 9.20. The highest BCUT2D eigenvalue weighted by Crippen LogP contribution is 2.37. The molecule has 1 fully saturated rings. The molecule has 5 nitrogen and oxygen atoms in total. The fourth-order valence-electron chi connectivity index (χ4n) is 3.40. The van der Waals surface area contributed by atoms with Crippen molar-refractivity contribution in [3.8, 4) is 5.69 Å². The van der Waals surface area contributed by atoms with E-state index >= 15 is 0 Å². The van der Waals surface area contributed by atoms with Crippen molar-refractivity contribution >= 4 is 17.7 Å². The van der Waals surface area contributed by atoms with Gasteiger partial charge >= 0.3 is 0 Å². The zero-order chi connectivity index (χ0) is 18.6. The average Bonchev–Trinajstić information content (AvgIpc) is 3.39. The molecule has 1 atom stereocenters. The Bertz CT molecular complexity index is 919. The summed E-state index contributed by atoms with van der Waals surface area (Å²) in [5.41, 5.74) is 3.17. The van der Waals surface area contributed by atoms with Crippen molar-refractivity contribution in [2.24, 2.45) is 0 Å². The number of para-hydroxylation sites is 1. The van der Waals surface area contributed by atoms with Crippen LogP contribution in [-0.4, -0.2) is 38.7 Å². The van der Waals surface area contributed by atoms with Crippen LogP contribution in [0.2, 0.25) is 0 Å². The molecule has 3 aromatic rings. The molecular formula is C21H22N4OS. The molecule has 1 aromatic heterocycles. The third-order valence-corrected chi connectivity index (χ3v) is 6.06. The van der Waals surface area contributed by atoms with Gasteiger partial charge in [0.05, 0.1) is 5.69 Å². The van der Waals surface area contributed by atoms with Crippen LogP contribution in [0.4, 0.5) is 0 Å². The molecule has 1 aliphatic heterocycles. The summed E-state index contributed by atoms with van der Waals surface area (Å²) in [4.78, 5) is 15.2. The van der Waals surface area contributed by atoms with Crippen LogP contribution < -0.4 is 0 Å². The molecule has 0 unspecified atom stereocenters. The number of aromatic nitrogens is 3. The molecule has 0 saturated carbocycles. The minimum Gasteiger partial charge on any atom is -0.341 e. The van der Waals surface area contributed by atoms with Crippen LogP contribution in [0.25, 0.3) is 5.69 Å². The van der Waals surface area contributed by atoms with Gasteiger partial charge in [-0.25, -0.2) is 0 Å².